The number of benzene rings is 2. The van der Waals surface area contributed by atoms with Crippen LogP contribution >= 0.6 is 0 Å². The van der Waals surface area contributed by atoms with Crippen LogP contribution in [-0.4, -0.2) is 15.7 Å². The second-order valence-corrected chi connectivity index (χ2v) is 5.50. The van der Waals surface area contributed by atoms with E-state index < -0.39 is 11.6 Å². The summed E-state index contributed by atoms with van der Waals surface area (Å²) in [6.07, 6.45) is 0. The third-order valence-corrected chi connectivity index (χ3v) is 3.71. The quantitative estimate of drug-likeness (QED) is 0.723. The highest BCUT2D eigenvalue weighted by molar-refractivity contribution is 5.98. The number of phenols is 1. The van der Waals surface area contributed by atoms with Gasteiger partial charge in [0.25, 0.3) is 5.56 Å². The molecule has 0 unspecified atom stereocenters. The number of hydrogen-bond donors (Lipinski definition) is 2. The van der Waals surface area contributed by atoms with Gasteiger partial charge in [-0.3, -0.25) is 4.79 Å². The molecule has 116 valence electrons. The van der Waals surface area contributed by atoms with Crippen molar-refractivity contribution in [3.05, 3.63) is 70.0 Å². The Hall–Kier alpha value is -3.08. The lowest BCUT2D eigenvalue weighted by atomic mass is 10.1. The summed E-state index contributed by atoms with van der Waals surface area (Å²) in [7, 11) is 0. The molecule has 3 aromatic rings. The Morgan fingerprint density at radius 2 is 1.74 bits per heavy atom. The third kappa shape index (κ3) is 2.81. The lowest BCUT2D eigenvalue weighted by molar-refractivity contribution is 0.253. The number of carbonyl (C=O) groups is 1. The van der Waals surface area contributed by atoms with E-state index in [0.29, 0.717) is 11.2 Å². The molecule has 23 heavy (non-hydrogen) atoms. The fraction of sp³-hybridized carbons (Fsp3) is 0.111. The first-order chi connectivity index (χ1) is 11.0. The molecule has 2 N–H and O–H groups in total. The Bertz CT molecular complexity index is 956. The van der Waals surface area contributed by atoms with Crippen LogP contribution in [0.15, 0.2) is 53.3 Å². The predicted octanol–water partition coefficient (Wildman–Crippen LogP) is 3.40. The van der Waals surface area contributed by atoms with E-state index >= 15 is 0 Å². The van der Waals surface area contributed by atoms with Gasteiger partial charge in [-0.05, 0) is 43.7 Å². The molecule has 0 bridgehead atoms. The van der Waals surface area contributed by atoms with Crippen molar-refractivity contribution in [2.24, 2.45) is 0 Å². The van der Waals surface area contributed by atoms with E-state index in [1.165, 1.54) is 18.2 Å². The van der Waals surface area contributed by atoms with Crippen LogP contribution in [0.25, 0.3) is 10.9 Å². The number of pyridine rings is 1. The van der Waals surface area contributed by atoms with E-state index in [1.807, 2.05) is 19.1 Å². The predicted molar refractivity (Wildman–Crippen MR) is 90.2 cm³/mol. The monoisotopic (exact) mass is 308 g/mol. The summed E-state index contributed by atoms with van der Waals surface area (Å²) in [6.45, 7) is 3.75. The molecule has 0 fully saturated rings. The van der Waals surface area contributed by atoms with E-state index in [0.717, 1.165) is 21.1 Å². The van der Waals surface area contributed by atoms with E-state index in [1.54, 1.807) is 25.1 Å². The van der Waals surface area contributed by atoms with Crippen LogP contribution in [0.5, 0.6) is 5.75 Å². The minimum atomic E-state index is -0.561. The molecule has 5 heteroatoms. The maximum Gasteiger partial charge on any atom is 0.333 e. The highest BCUT2D eigenvalue weighted by atomic mass is 16.3. The molecule has 0 spiro atoms. The standard InChI is InChI=1S/C18H16N2O3/c1-11-3-5-13(6-4-11)19-18(23)20-16-10-14(21)7-8-15(16)12(2)9-17(20)22/h3-10,21H,1-2H3,(H,19,23). The van der Waals surface area contributed by atoms with E-state index in [-0.39, 0.29) is 5.75 Å². The molecule has 1 amide bonds. The van der Waals surface area contributed by atoms with Crippen LogP contribution in [0.1, 0.15) is 11.1 Å². The maximum absolute atomic E-state index is 12.5. The Morgan fingerprint density at radius 1 is 1.04 bits per heavy atom. The minimum Gasteiger partial charge on any atom is -0.508 e. The van der Waals surface area contributed by atoms with Crippen LogP contribution in [0, 0.1) is 13.8 Å². The topological polar surface area (TPSA) is 71.3 Å². The van der Waals surface area contributed by atoms with E-state index in [2.05, 4.69) is 5.32 Å². The fourth-order valence-corrected chi connectivity index (χ4v) is 2.51. The van der Waals surface area contributed by atoms with Gasteiger partial charge in [0.05, 0.1) is 5.52 Å². The third-order valence-electron chi connectivity index (χ3n) is 3.71. The van der Waals surface area contributed by atoms with Crippen molar-refractivity contribution >= 4 is 22.6 Å². The van der Waals surface area contributed by atoms with Crippen molar-refractivity contribution in [2.75, 3.05) is 5.32 Å². The minimum absolute atomic E-state index is 0.000569. The number of aryl methyl sites for hydroxylation is 2. The molecule has 0 saturated heterocycles. The lowest BCUT2D eigenvalue weighted by Crippen LogP contribution is -2.31. The summed E-state index contributed by atoms with van der Waals surface area (Å²) < 4.78 is 1.03. The van der Waals surface area contributed by atoms with Crippen LogP contribution in [0.4, 0.5) is 10.5 Å². The number of rotatable bonds is 1. The van der Waals surface area contributed by atoms with Gasteiger partial charge in [0, 0.05) is 23.2 Å². The fourth-order valence-electron chi connectivity index (χ4n) is 2.51. The first-order valence-electron chi connectivity index (χ1n) is 7.19. The molecule has 1 aromatic heterocycles. The summed E-state index contributed by atoms with van der Waals surface area (Å²) in [5, 5.41) is 13.1. The number of aromatic nitrogens is 1. The van der Waals surface area contributed by atoms with E-state index in [4.69, 9.17) is 0 Å². The van der Waals surface area contributed by atoms with Gasteiger partial charge in [0.15, 0.2) is 0 Å². The molecule has 0 saturated carbocycles. The molecule has 5 nitrogen and oxygen atoms in total. The van der Waals surface area contributed by atoms with Crippen LogP contribution in [0.3, 0.4) is 0 Å². The number of nitrogens with zero attached hydrogens (tertiary/aromatic N) is 1. The van der Waals surface area contributed by atoms with Crippen molar-refractivity contribution in [1.82, 2.24) is 4.57 Å². The van der Waals surface area contributed by atoms with Gasteiger partial charge in [-0.25, -0.2) is 9.36 Å². The first kappa shape index (κ1) is 14.8. The van der Waals surface area contributed by atoms with Gasteiger partial charge < -0.3 is 10.4 Å². The number of anilines is 1. The first-order valence-corrected chi connectivity index (χ1v) is 7.19. The highest BCUT2D eigenvalue weighted by Crippen LogP contribution is 2.21. The van der Waals surface area contributed by atoms with Crippen molar-refractivity contribution in [1.29, 1.82) is 0 Å². The molecule has 1 heterocycles. The molecule has 3 rings (SSSR count). The molecular weight excluding hydrogens is 292 g/mol. The van der Waals surface area contributed by atoms with E-state index in [9.17, 15) is 14.7 Å². The zero-order chi connectivity index (χ0) is 16.6. The molecule has 0 atom stereocenters. The molecule has 0 aliphatic rings. The number of aromatic hydroxyl groups is 1. The average molecular weight is 308 g/mol. The summed E-state index contributed by atoms with van der Waals surface area (Å²) in [5.74, 6) is -0.000569. The van der Waals surface area contributed by atoms with Gasteiger partial charge in [-0.2, -0.15) is 0 Å². The normalized spacial score (nSPS) is 10.7. The maximum atomic E-state index is 12.5. The molecule has 0 radical (unpaired) electrons. The van der Waals surface area contributed by atoms with Crippen LogP contribution in [-0.2, 0) is 0 Å². The zero-order valence-corrected chi connectivity index (χ0v) is 12.8. The van der Waals surface area contributed by atoms with Gasteiger partial charge in [-0.15, -0.1) is 0 Å². The van der Waals surface area contributed by atoms with Gasteiger partial charge in [0.2, 0.25) is 0 Å². The number of phenolic OH excluding ortho intramolecular Hbond substituents is 1. The Balaban J connectivity index is 2.11. The molecule has 0 aliphatic carbocycles. The second-order valence-electron chi connectivity index (χ2n) is 5.50. The van der Waals surface area contributed by atoms with Gasteiger partial charge in [0.1, 0.15) is 5.75 Å². The van der Waals surface area contributed by atoms with Crippen molar-refractivity contribution < 1.29 is 9.90 Å². The van der Waals surface area contributed by atoms with Crippen molar-refractivity contribution in [2.45, 2.75) is 13.8 Å². The number of carbonyl (C=O) groups excluding carboxylic acids is 1. The van der Waals surface area contributed by atoms with Crippen molar-refractivity contribution in [3.63, 3.8) is 0 Å². The molecule has 0 aliphatic heterocycles. The molecular formula is C18H16N2O3. The lowest BCUT2D eigenvalue weighted by Gasteiger charge is -2.12. The molecule has 2 aromatic carbocycles. The Labute approximate surface area is 132 Å². The average Bonchev–Trinajstić information content (AvgIpc) is 2.49. The highest BCUT2D eigenvalue weighted by Gasteiger charge is 2.14. The summed E-state index contributed by atoms with van der Waals surface area (Å²) in [6, 6.07) is 12.8. The summed E-state index contributed by atoms with van der Waals surface area (Å²) in [5.41, 5.74) is 2.36. The Morgan fingerprint density at radius 3 is 2.43 bits per heavy atom. The zero-order valence-electron chi connectivity index (χ0n) is 12.8. The summed E-state index contributed by atoms with van der Waals surface area (Å²) in [4.78, 5) is 24.8. The van der Waals surface area contributed by atoms with Crippen molar-refractivity contribution in [3.8, 4) is 5.75 Å². The van der Waals surface area contributed by atoms with Gasteiger partial charge >= 0.3 is 6.03 Å². The van der Waals surface area contributed by atoms with Crippen LogP contribution < -0.4 is 10.9 Å². The van der Waals surface area contributed by atoms with Crippen LogP contribution in [0.2, 0.25) is 0 Å². The number of nitrogens with one attached hydrogen (secondary N) is 1. The second kappa shape index (κ2) is 5.61. The number of fused-ring (bicyclic) bond motifs is 1. The SMILES string of the molecule is Cc1ccc(NC(=O)n2c(=O)cc(C)c3ccc(O)cc32)cc1. The Kier molecular flexibility index (Phi) is 3.62. The summed E-state index contributed by atoms with van der Waals surface area (Å²) >= 11 is 0. The largest absolute Gasteiger partial charge is 0.508 e. The van der Waals surface area contributed by atoms with Gasteiger partial charge in [-0.1, -0.05) is 17.7 Å². The number of hydrogen-bond acceptors (Lipinski definition) is 3. The number of amides is 1. The smallest absolute Gasteiger partial charge is 0.333 e.